The lowest BCUT2D eigenvalue weighted by molar-refractivity contribution is -0.0328. The third kappa shape index (κ3) is 4.97. The second-order valence-corrected chi connectivity index (χ2v) is 5.66. The molecule has 0 fully saturated rings. The molecule has 21 heavy (non-hydrogen) atoms. The van der Waals surface area contributed by atoms with E-state index in [9.17, 15) is 17.6 Å². The Morgan fingerprint density at radius 1 is 1.05 bits per heavy atom. The smallest absolute Gasteiger partial charge is 0.381 e. The van der Waals surface area contributed by atoms with Crippen molar-refractivity contribution in [2.75, 3.05) is 5.32 Å². The average molecular weight is 315 g/mol. The number of hydrogen-bond acceptors (Lipinski definition) is 2. The van der Waals surface area contributed by atoms with Crippen LogP contribution >= 0.6 is 11.8 Å². The summed E-state index contributed by atoms with van der Waals surface area (Å²) in [6.45, 7) is 2.14. The van der Waals surface area contributed by atoms with Gasteiger partial charge in [-0.05, 0) is 49.0 Å². The number of nitrogens with one attached hydrogen (secondary N) is 1. The van der Waals surface area contributed by atoms with Crippen LogP contribution in [0.15, 0.2) is 47.4 Å². The number of thioether (sulfide) groups is 1. The first-order valence-electron chi connectivity index (χ1n) is 6.18. The first-order valence-corrected chi connectivity index (χ1v) is 7.00. The highest BCUT2D eigenvalue weighted by molar-refractivity contribution is 8.00. The van der Waals surface area contributed by atoms with Crippen LogP contribution in [0.1, 0.15) is 11.1 Å². The van der Waals surface area contributed by atoms with E-state index in [-0.39, 0.29) is 29.0 Å². The average Bonchev–Trinajstić information content (AvgIpc) is 2.40. The Bertz CT molecular complexity index is 608. The van der Waals surface area contributed by atoms with Crippen LogP contribution in [0.4, 0.5) is 23.2 Å². The van der Waals surface area contributed by atoms with E-state index >= 15 is 0 Å². The van der Waals surface area contributed by atoms with Crippen molar-refractivity contribution in [3.8, 4) is 0 Å². The van der Waals surface area contributed by atoms with Crippen LogP contribution in [-0.4, -0.2) is 5.51 Å². The van der Waals surface area contributed by atoms with E-state index in [4.69, 9.17) is 0 Å². The Labute approximate surface area is 124 Å². The van der Waals surface area contributed by atoms with Gasteiger partial charge in [-0.15, -0.1) is 0 Å². The molecule has 112 valence electrons. The molecular weight excluding hydrogens is 302 g/mol. The SMILES string of the molecule is Cc1ccc(F)c(CNc2ccc(SC(F)(F)F)cc2)c1. The third-order valence-electron chi connectivity index (χ3n) is 2.77. The number of aryl methyl sites for hydroxylation is 1. The van der Waals surface area contributed by atoms with Crippen molar-refractivity contribution in [3.05, 3.63) is 59.4 Å². The molecule has 1 nitrogen and oxygen atoms in total. The van der Waals surface area contributed by atoms with Gasteiger partial charge >= 0.3 is 5.51 Å². The van der Waals surface area contributed by atoms with Crippen LogP contribution in [0, 0.1) is 12.7 Å². The van der Waals surface area contributed by atoms with Crippen LogP contribution in [-0.2, 0) is 6.54 Å². The van der Waals surface area contributed by atoms with Crippen molar-refractivity contribution < 1.29 is 17.6 Å². The highest BCUT2D eigenvalue weighted by Crippen LogP contribution is 2.37. The van der Waals surface area contributed by atoms with Gasteiger partial charge in [0, 0.05) is 22.7 Å². The van der Waals surface area contributed by atoms with E-state index in [0.29, 0.717) is 11.3 Å². The summed E-state index contributed by atoms with van der Waals surface area (Å²) in [5.41, 5.74) is -2.18. The lowest BCUT2D eigenvalue weighted by Crippen LogP contribution is -2.02. The Morgan fingerprint density at radius 3 is 2.33 bits per heavy atom. The Morgan fingerprint density at radius 2 is 1.71 bits per heavy atom. The molecule has 0 aromatic heterocycles. The van der Waals surface area contributed by atoms with Crippen LogP contribution in [0.25, 0.3) is 0 Å². The lowest BCUT2D eigenvalue weighted by atomic mass is 10.1. The van der Waals surface area contributed by atoms with Crippen molar-refractivity contribution in [1.82, 2.24) is 0 Å². The van der Waals surface area contributed by atoms with E-state index in [1.54, 1.807) is 24.3 Å². The zero-order valence-electron chi connectivity index (χ0n) is 11.2. The molecule has 2 rings (SSSR count). The van der Waals surface area contributed by atoms with Gasteiger partial charge in [0.05, 0.1) is 0 Å². The fourth-order valence-corrected chi connectivity index (χ4v) is 2.35. The van der Waals surface area contributed by atoms with Crippen molar-refractivity contribution in [2.24, 2.45) is 0 Å². The van der Waals surface area contributed by atoms with Gasteiger partial charge in [-0.25, -0.2) is 4.39 Å². The monoisotopic (exact) mass is 315 g/mol. The van der Waals surface area contributed by atoms with Gasteiger partial charge < -0.3 is 5.32 Å². The summed E-state index contributed by atoms with van der Waals surface area (Å²) in [5.74, 6) is -0.308. The third-order valence-corrected chi connectivity index (χ3v) is 3.51. The summed E-state index contributed by atoms with van der Waals surface area (Å²) >= 11 is -0.159. The van der Waals surface area contributed by atoms with Crippen LogP contribution in [0.2, 0.25) is 0 Å². The minimum absolute atomic E-state index is 0.120. The highest BCUT2D eigenvalue weighted by atomic mass is 32.2. The molecule has 0 spiro atoms. The molecule has 2 aromatic carbocycles. The number of halogens is 4. The summed E-state index contributed by atoms with van der Waals surface area (Å²) in [6.07, 6.45) is 0. The maximum Gasteiger partial charge on any atom is 0.446 e. The summed E-state index contributed by atoms with van der Waals surface area (Å²) in [4.78, 5) is 0.120. The predicted molar refractivity (Wildman–Crippen MR) is 76.8 cm³/mol. The first kappa shape index (κ1) is 15.7. The molecule has 0 heterocycles. The van der Waals surface area contributed by atoms with Crippen molar-refractivity contribution in [1.29, 1.82) is 0 Å². The summed E-state index contributed by atoms with van der Waals surface area (Å²) in [5, 5.41) is 2.99. The molecule has 0 saturated heterocycles. The van der Waals surface area contributed by atoms with Crippen LogP contribution in [0.5, 0.6) is 0 Å². The summed E-state index contributed by atoms with van der Waals surface area (Å²) < 4.78 is 50.2. The van der Waals surface area contributed by atoms with Gasteiger partial charge in [0.1, 0.15) is 5.82 Å². The molecule has 0 aliphatic rings. The second-order valence-electron chi connectivity index (χ2n) is 4.52. The fraction of sp³-hybridized carbons (Fsp3) is 0.200. The summed E-state index contributed by atoms with van der Waals surface area (Å²) in [7, 11) is 0. The van der Waals surface area contributed by atoms with Crippen molar-refractivity contribution >= 4 is 17.4 Å². The number of alkyl halides is 3. The Hall–Kier alpha value is -1.69. The Balaban J connectivity index is 1.99. The number of rotatable bonds is 4. The van der Waals surface area contributed by atoms with E-state index in [1.165, 1.54) is 18.2 Å². The largest absolute Gasteiger partial charge is 0.446 e. The number of anilines is 1. The molecule has 1 N–H and O–H groups in total. The standard InChI is InChI=1S/C15H13F4NS/c1-10-2-7-14(16)11(8-10)9-20-12-3-5-13(6-4-12)21-15(17,18)19/h2-8,20H,9H2,1H3. The molecular formula is C15H13F4NS. The zero-order chi connectivity index (χ0) is 15.5. The molecule has 0 unspecified atom stereocenters. The van der Waals surface area contributed by atoms with Crippen LogP contribution in [0.3, 0.4) is 0 Å². The molecule has 0 aliphatic heterocycles. The van der Waals surface area contributed by atoms with Gasteiger partial charge in [-0.2, -0.15) is 13.2 Å². The van der Waals surface area contributed by atoms with Gasteiger partial charge in [0.25, 0.3) is 0 Å². The normalized spacial score (nSPS) is 11.5. The molecule has 0 bridgehead atoms. The maximum atomic E-state index is 13.6. The van der Waals surface area contributed by atoms with Crippen molar-refractivity contribution in [2.45, 2.75) is 23.9 Å². The highest BCUT2D eigenvalue weighted by Gasteiger charge is 2.28. The maximum absolute atomic E-state index is 13.6. The molecule has 0 saturated carbocycles. The van der Waals surface area contributed by atoms with Gasteiger partial charge in [-0.1, -0.05) is 17.7 Å². The zero-order valence-corrected chi connectivity index (χ0v) is 12.0. The minimum atomic E-state index is -4.29. The van der Waals surface area contributed by atoms with Gasteiger partial charge in [0.2, 0.25) is 0 Å². The van der Waals surface area contributed by atoms with Gasteiger partial charge in [0.15, 0.2) is 0 Å². The fourth-order valence-electron chi connectivity index (χ4n) is 1.81. The van der Waals surface area contributed by atoms with E-state index < -0.39 is 5.51 Å². The Kier molecular flexibility index (Phi) is 4.77. The molecule has 2 aromatic rings. The van der Waals surface area contributed by atoms with Crippen LogP contribution < -0.4 is 5.32 Å². The predicted octanol–water partition coefficient (Wildman–Crippen LogP) is 5.36. The summed E-state index contributed by atoms with van der Waals surface area (Å²) in [6, 6.07) is 10.7. The number of hydrogen-bond donors (Lipinski definition) is 1. The van der Waals surface area contributed by atoms with Crippen molar-refractivity contribution in [3.63, 3.8) is 0 Å². The quantitative estimate of drug-likeness (QED) is 0.602. The second kappa shape index (κ2) is 6.39. The topological polar surface area (TPSA) is 12.0 Å². The number of benzene rings is 2. The molecule has 6 heteroatoms. The molecule has 0 amide bonds. The molecule has 0 atom stereocenters. The van der Waals surface area contributed by atoms with E-state index in [2.05, 4.69) is 5.32 Å². The molecule has 0 aliphatic carbocycles. The van der Waals surface area contributed by atoms with E-state index in [1.807, 2.05) is 6.92 Å². The minimum Gasteiger partial charge on any atom is -0.381 e. The van der Waals surface area contributed by atoms with E-state index in [0.717, 1.165) is 5.56 Å². The van der Waals surface area contributed by atoms with Gasteiger partial charge in [-0.3, -0.25) is 0 Å². The molecule has 0 radical (unpaired) electrons. The lowest BCUT2D eigenvalue weighted by Gasteiger charge is -2.10. The first-order chi connectivity index (χ1) is 9.83.